The highest BCUT2D eigenvalue weighted by Crippen LogP contribution is 2.53. The van der Waals surface area contributed by atoms with E-state index >= 15 is 0 Å². The van der Waals surface area contributed by atoms with Crippen molar-refractivity contribution in [3.8, 4) is 0 Å². The quantitative estimate of drug-likeness (QED) is 0.670. The van der Waals surface area contributed by atoms with E-state index in [1.807, 2.05) is 13.0 Å². The van der Waals surface area contributed by atoms with Gasteiger partial charge in [-0.2, -0.15) is 0 Å². The van der Waals surface area contributed by atoms with Gasteiger partial charge in [-0.1, -0.05) is 0 Å². The highest BCUT2D eigenvalue weighted by Gasteiger charge is 2.55. The molecular formula is C12H13N2O2. The van der Waals surface area contributed by atoms with E-state index in [-0.39, 0.29) is 11.4 Å². The van der Waals surface area contributed by atoms with Crippen LogP contribution in [0.5, 0.6) is 0 Å². The third-order valence-corrected chi connectivity index (χ3v) is 3.94. The Morgan fingerprint density at radius 2 is 2.12 bits per heavy atom. The molecule has 0 aromatic carbocycles. The van der Waals surface area contributed by atoms with Crippen molar-refractivity contribution in [2.24, 2.45) is 5.41 Å². The zero-order valence-electron chi connectivity index (χ0n) is 9.19. The maximum absolute atomic E-state index is 11.9. The van der Waals surface area contributed by atoms with Crippen LogP contribution in [0.25, 0.3) is 0 Å². The normalized spacial score (nSPS) is 37.2. The molecule has 0 unspecified atom stereocenters. The van der Waals surface area contributed by atoms with Crippen LogP contribution in [0.15, 0.2) is 12.3 Å². The number of nitrogens with zero attached hydrogens (tertiary/aromatic N) is 2. The molecule has 1 radical (unpaired) electrons. The molecule has 4 nitrogen and oxygen atoms in total. The molecule has 0 N–H and O–H groups in total. The van der Waals surface area contributed by atoms with E-state index in [2.05, 4.69) is 16.3 Å². The van der Waals surface area contributed by atoms with Crippen molar-refractivity contribution in [1.82, 2.24) is 9.97 Å². The van der Waals surface area contributed by atoms with E-state index < -0.39 is 5.60 Å². The lowest BCUT2D eigenvalue weighted by Crippen LogP contribution is -2.51. The number of aromatic nitrogens is 2. The average molecular weight is 217 g/mol. The zero-order valence-corrected chi connectivity index (χ0v) is 9.19. The maximum Gasteiger partial charge on any atom is 0.312 e. The highest BCUT2D eigenvalue weighted by atomic mass is 16.6. The molecule has 83 valence electrons. The zero-order chi connectivity index (χ0) is 11.2. The van der Waals surface area contributed by atoms with E-state index in [4.69, 9.17) is 4.74 Å². The van der Waals surface area contributed by atoms with Crippen molar-refractivity contribution in [2.75, 3.05) is 0 Å². The minimum absolute atomic E-state index is 0.0800. The lowest BCUT2D eigenvalue weighted by Gasteiger charge is -2.49. The number of carbonyl (C=O) groups excluding carboxylic acids is 1. The third kappa shape index (κ3) is 1.19. The summed E-state index contributed by atoms with van der Waals surface area (Å²) in [5, 5.41) is 0. The Balaban J connectivity index is 2.00. The molecule has 1 aromatic rings. The van der Waals surface area contributed by atoms with Gasteiger partial charge in [0.2, 0.25) is 0 Å². The molecule has 2 aliphatic heterocycles. The van der Waals surface area contributed by atoms with Crippen LogP contribution in [-0.4, -0.2) is 15.9 Å². The van der Waals surface area contributed by atoms with Crippen LogP contribution in [0.4, 0.5) is 0 Å². The van der Waals surface area contributed by atoms with Gasteiger partial charge in [0.25, 0.3) is 0 Å². The second-order valence-corrected chi connectivity index (χ2v) is 4.99. The predicted octanol–water partition coefficient (Wildman–Crippen LogP) is 1.61. The lowest BCUT2D eigenvalue weighted by atomic mass is 9.66. The molecule has 3 fully saturated rings. The largest absolute Gasteiger partial charge is 0.452 e. The monoisotopic (exact) mass is 217 g/mol. The number of fused-ring (bicyclic) bond motifs is 3. The van der Waals surface area contributed by atoms with Crippen molar-refractivity contribution in [2.45, 2.75) is 38.2 Å². The minimum atomic E-state index is -0.506. The first-order valence-electron chi connectivity index (χ1n) is 5.58. The van der Waals surface area contributed by atoms with E-state index in [9.17, 15) is 4.79 Å². The number of hydrogen-bond acceptors (Lipinski definition) is 4. The van der Waals surface area contributed by atoms with Gasteiger partial charge in [0, 0.05) is 6.20 Å². The molecule has 0 amide bonds. The van der Waals surface area contributed by atoms with Gasteiger partial charge in [0.15, 0.2) is 11.9 Å². The molecular weight excluding hydrogens is 204 g/mol. The molecule has 3 heterocycles. The summed E-state index contributed by atoms with van der Waals surface area (Å²) in [5.41, 5.74) is 0.0184. The average Bonchev–Trinajstić information content (AvgIpc) is 2.33. The Morgan fingerprint density at radius 1 is 1.38 bits per heavy atom. The second kappa shape index (κ2) is 3.03. The summed E-state index contributed by atoms with van der Waals surface area (Å²) in [6.07, 6.45) is 7.71. The van der Waals surface area contributed by atoms with Crippen LogP contribution in [0.1, 0.15) is 38.3 Å². The number of rotatable bonds is 1. The molecule has 2 bridgehead atoms. The Bertz CT molecular complexity index is 422. The summed E-state index contributed by atoms with van der Waals surface area (Å²) in [6.45, 7) is 1.99. The Hall–Kier alpha value is -1.45. The summed E-state index contributed by atoms with van der Waals surface area (Å²) in [6, 6.07) is 1.82. The van der Waals surface area contributed by atoms with Crippen LogP contribution in [-0.2, 0) is 15.1 Å². The fraction of sp³-hybridized carbons (Fsp3) is 0.583. The Labute approximate surface area is 94.1 Å². The predicted molar refractivity (Wildman–Crippen MR) is 55.2 cm³/mol. The molecule has 0 spiro atoms. The summed E-state index contributed by atoms with van der Waals surface area (Å²) < 4.78 is 5.61. The highest BCUT2D eigenvalue weighted by molar-refractivity contribution is 5.78. The lowest BCUT2D eigenvalue weighted by molar-refractivity contribution is -0.204. The van der Waals surface area contributed by atoms with Crippen molar-refractivity contribution >= 4 is 5.97 Å². The Morgan fingerprint density at radius 3 is 2.69 bits per heavy atom. The first-order chi connectivity index (χ1) is 7.65. The van der Waals surface area contributed by atoms with Gasteiger partial charge in [-0.05, 0) is 38.7 Å². The molecule has 1 aliphatic carbocycles. The molecule has 16 heavy (non-hydrogen) atoms. The fourth-order valence-corrected chi connectivity index (χ4v) is 2.64. The van der Waals surface area contributed by atoms with E-state index in [1.165, 1.54) is 0 Å². The molecule has 4 heteroatoms. The van der Waals surface area contributed by atoms with Gasteiger partial charge in [0.05, 0.1) is 11.1 Å². The van der Waals surface area contributed by atoms with E-state index in [1.54, 1.807) is 6.20 Å². The van der Waals surface area contributed by atoms with E-state index in [0.29, 0.717) is 0 Å². The van der Waals surface area contributed by atoms with Crippen molar-refractivity contribution in [3.63, 3.8) is 0 Å². The first kappa shape index (κ1) is 9.75. The van der Waals surface area contributed by atoms with Crippen LogP contribution in [0, 0.1) is 11.7 Å². The number of ether oxygens (including phenoxy) is 1. The molecule has 0 atom stereocenters. The number of hydrogen-bond donors (Lipinski definition) is 0. The van der Waals surface area contributed by atoms with Crippen molar-refractivity contribution in [3.05, 3.63) is 24.3 Å². The van der Waals surface area contributed by atoms with Crippen LogP contribution >= 0.6 is 0 Å². The van der Waals surface area contributed by atoms with Crippen molar-refractivity contribution < 1.29 is 9.53 Å². The van der Waals surface area contributed by atoms with Gasteiger partial charge < -0.3 is 4.74 Å². The second-order valence-electron chi connectivity index (χ2n) is 4.99. The molecule has 1 saturated carbocycles. The first-order valence-corrected chi connectivity index (χ1v) is 5.58. The van der Waals surface area contributed by atoms with Crippen molar-refractivity contribution in [1.29, 1.82) is 0 Å². The smallest absolute Gasteiger partial charge is 0.312 e. The van der Waals surface area contributed by atoms with Crippen LogP contribution in [0.3, 0.4) is 0 Å². The summed E-state index contributed by atoms with van der Waals surface area (Å²) in [5.74, 6) is -0.0800. The Kier molecular flexibility index (Phi) is 1.85. The van der Waals surface area contributed by atoms with Gasteiger partial charge in [0.1, 0.15) is 0 Å². The minimum Gasteiger partial charge on any atom is -0.452 e. The van der Waals surface area contributed by atoms with Gasteiger partial charge >= 0.3 is 5.97 Å². The third-order valence-electron chi connectivity index (χ3n) is 3.94. The standard InChI is InChI=1S/C12H13N2O2/c1-11-3-5-12(6-4-11,16-10(11)15)9-2-7-13-8-14-9/h2,7H,3-6H2,1H3. The topological polar surface area (TPSA) is 52.1 Å². The molecule has 2 saturated heterocycles. The molecule has 4 rings (SSSR count). The van der Waals surface area contributed by atoms with Gasteiger partial charge in [-0.3, -0.25) is 4.79 Å². The maximum atomic E-state index is 11.9. The SMILES string of the molecule is CC12CCC(c3ccn[c]n3)(CC1)OC2=O. The van der Waals surface area contributed by atoms with Gasteiger partial charge in [-0.25, -0.2) is 9.97 Å². The fourth-order valence-electron chi connectivity index (χ4n) is 2.64. The summed E-state index contributed by atoms with van der Waals surface area (Å²) in [4.78, 5) is 19.8. The van der Waals surface area contributed by atoms with E-state index in [0.717, 1.165) is 31.4 Å². The van der Waals surface area contributed by atoms with Crippen LogP contribution < -0.4 is 0 Å². The molecule has 1 aromatic heterocycles. The summed E-state index contributed by atoms with van der Waals surface area (Å²) >= 11 is 0. The summed E-state index contributed by atoms with van der Waals surface area (Å²) in [7, 11) is 0. The van der Waals surface area contributed by atoms with Gasteiger partial charge in [-0.15, -0.1) is 0 Å². The van der Waals surface area contributed by atoms with Crippen LogP contribution in [0.2, 0.25) is 0 Å². The molecule has 3 aliphatic rings. The number of carbonyl (C=O) groups is 1. The number of esters is 1.